The van der Waals surface area contributed by atoms with E-state index in [1.807, 2.05) is 12.4 Å². The first-order valence-corrected chi connectivity index (χ1v) is 9.36. The molecule has 0 unspecified atom stereocenters. The number of nitrogens with one attached hydrogen (secondary N) is 2. The number of nitrogens with zero attached hydrogens (tertiary/aromatic N) is 2. The average Bonchev–Trinajstić information content (AvgIpc) is 2.66. The number of pyridine rings is 1. The van der Waals surface area contributed by atoms with E-state index in [1.165, 1.54) is 30.3 Å². The average molecular weight is 359 g/mol. The first kappa shape index (κ1) is 17.9. The van der Waals surface area contributed by atoms with Crippen LogP contribution in [0, 0.1) is 0 Å². The zero-order valence-electron chi connectivity index (χ0n) is 14.8. The molecule has 2 N–H and O–H groups in total. The molecule has 0 aliphatic carbocycles. The smallest absolute Gasteiger partial charge is 0.170 e. The summed E-state index contributed by atoms with van der Waals surface area (Å²) in [4.78, 5) is 6.80. The Balaban J connectivity index is 1.77. The molecular formula is C19H26N4OS. The maximum atomic E-state index is 5.41. The van der Waals surface area contributed by atoms with E-state index in [4.69, 9.17) is 17.0 Å². The topological polar surface area (TPSA) is 49.4 Å². The van der Waals surface area contributed by atoms with Gasteiger partial charge >= 0.3 is 0 Å². The van der Waals surface area contributed by atoms with Gasteiger partial charge < -0.3 is 20.3 Å². The SMILES string of the molecule is COCCCNC(=S)Nc1ccc(N2CCCCC2)c2ccncc12. The third-order valence-corrected chi connectivity index (χ3v) is 4.80. The number of benzene rings is 1. The number of hydrogen-bond acceptors (Lipinski definition) is 4. The highest BCUT2D eigenvalue weighted by Crippen LogP contribution is 2.33. The Labute approximate surface area is 154 Å². The number of thiocarbonyl (C=S) groups is 1. The molecule has 134 valence electrons. The molecular weight excluding hydrogens is 332 g/mol. The zero-order chi connectivity index (χ0) is 17.5. The van der Waals surface area contributed by atoms with Gasteiger partial charge in [0.05, 0.1) is 0 Å². The molecule has 3 rings (SSSR count). The molecule has 1 aliphatic rings. The Hall–Kier alpha value is -1.92. The van der Waals surface area contributed by atoms with Crippen molar-refractivity contribution in [3.8, 4) is 0 Å². The minimum atomic E-state index is 0.631. The summed E-state index contributed by atoms with van der Waals surface area (Å²) < 4.78 is 5.05. The van der Waals surface area contributed by atoms with Crippen molar-refractivity contribution >= 4 is 39.5 Å². The van der Waals surface area contributed by atoms with Crippen LogP contribution in [0.4, 0.5) is 11.4 Å². The van der Waals surface area contributed by atoms with Crippen molar-refractivity contribution < 1.29 is 4.74 Å². The second kappa shape index (κ2) is 8.97. The van der Waals surface area contributed by atoms with Crippen molar-refractivity contribution in [2.75, 3.05) is 43.6 Å². The van der Waals surface area contributed by atoms with E-state index in [0.29, 0.717) is 5.11 Å². The molecule has 0 bridgehead atoms. The summed E-state index contributed by atoms with van der Waals surface area (Å²) >= 11 is 5.41. The highest BCUT2D eigenvalue weighted by atomic mass is 32.1. The van der Waals surface area contributed by atoms with Gasteiger partial charge in [0.25, 0.3) is 0 Å². The van der Waals surface area contributed by atoms with Crippen molar-refractivity contribution in [2.45, 2.75) is 25.7 Å². The number of ether oxygens (including phenoxy) is 1. The number of rotatable bonds is 6. The molecule has 5 nitrogen and oxygen atoms in total. The first-order valence-electron chi connectivity index (χ1n) is 8.95. The van der Waals surface area contributed by atoms with E-state index in [2.05, 4.69) is 38.7 Å². The fraction of sp³-hybridized carbons (Fsp3) is 0.474. The second-order valence-electron chi connectivity index (χ2n) is 6.33. The van der Waals surface area contributed by atoms with Gasteiger partial charge in [-0.05, 0) is 56.1 Å². The fourth-order valence-corrected chi connectivity index (χ4v) is 3.49. The predicted molar refractivity (Wildman–Crippen MR) is 109 cm³/mol. The third kappa shape index (κ3) is 4.58. The maximum Gasteiger partial charge on any atom is 0.170 e. The lowest BCUT2D eigenvalue weighted by atomic mass is 10.1. The van der Waals surface area contributed by atoms with E-state index >= 15 is 0 Å². The van der Waals surface area contributed by atoms with Gasteiger partial charge in [-0.2, -0.15) is 0 Å². The lowest BCUT2D eigenvalue weighted by Crippen LogP contribution is -2.30. The molecule has 2 heterocycles. The summed E-state index contributed by atoms with van der Waals surface area (Å²) in [6.45, 7) is 3.78. The fourth-order valence-electron chi connectivity index (χ4n) is 3.28. The zero-order valence-corrected chi connectivity index (χ0v) is 15.6. The first-order chi connectivity index (χ1) is 12.3. The van der Waals surface area contributed by atoms with Gasteiger partial charge in [0.15, 0.2) is 5.11 Å². The number of piperidine rings is 1. The molecule has 0 amide bonds. The lowest BCUT2D eigenvalue weighted by molar-refractivity contribution is 0.196. The van der Waals surface area contributed by atoms with Crippen LogP contribution in [-0.4, -0.2) is 43.4 Å². The van der Waals surface area contributed by atoms with Crippen LogP contribution in [0.5, 0.6) is 0 Å². The van der Waals surface area contributed by atoms with Crippen LogP contribution < -0.4 is 15.5 Å². The van der Waals surface area contributed by atoms with E-state index in [9.17, 15) is 0 Å². The highest BCUT2D eigenvalue weighted by molar-refractivity contribution is 7.80. The Morgan fingerprint density at radius 3 is 2.84 bits per heavy atom. The van der Waals surface area contributed by atoms with Gasteiger partial charge in [-0.1, -0.05) is 0 Å². The molecule has 2 aromatic rings. The Morgan fingerprint density at radius 1 is 1.20 bits per heavy atom. The Morgan fingerprint density at radius 2 is 2.04 bits per heavy atom. The van der Waals surface area contributed by atoms with E-state index < -0.39 is 0 Å². The summed E-state index contributed by atoms with van der Waals surface area (Å²) in [6.07, 6.45) is 8.57. The molecule has 6 heteroatoms. The summed E-state index contributed by atoms with van der Waals surface area (Å²) in [5.41, 5.74) is 2.29. The van der Waals surface area contributed by atoms with E-state index in [-0.39, 0.29) is 0 Å². The molecule has 0 saturated carbocycles. The number of aromatic nitrogens is 1. The van der Waals surface area contributed by atoms with Crippen molar-refractivity contribution in [1.29, 1.82) is 0 Å². The van der Waals surface area contributed by atoms with Crippen LogP contribution in [0.15, 0.2) is 30.6 Å². The van der Waals surface area contributed by atoms with Gasteiger partial charge in [0, 0.05) is 67.9 Å². The van der Waals surface area contributed by atoms with Crippen LogP contribution in [0.3, 0.4) is 0 Å². The quantitative estimate of drug-likeness (QED) is 0.608. The van der Waals surface area contributed by atoms with Gasteiger partial charge in [-0.3, -0.25) is 4.98 Å². The normalized spacial score (nSPS) is 14.5. The maximum absolute atomic E-state index is 5.41. The molecule has 0 radical (unpaired) electrons. The lowest BCUT2D eigenvalue weighted by Gasteiger charge is -2.30. The van der Waals surface area contributed by atoms with Crippen LogP contribution >= 0.6 is 12.2 Å². The number of methoxy groups -OCH3 is 1. The molecule has 25 heavy (non-hydrogen) atoms. The van der Waals surface area contributed by atoms with Crippen LogP contribution in [0.1, 0.15) is 25.7 Å². The predicted octanol–water partition coefficient (Wildman–Crippen LogP) is 3.55. The van der Waals surface area contributed by atoms with E-state index in [0.717, 1.165) is 43.7 Å². The van der Waals surface area contributed by atoms with Gasteiger partial charge in [-0.25, -0.2) is 0 Å². The van der Waals surface area contributed by atoms with Crippen LogP contribution in [-0.2, 0) is 4.74 Å². The van der Waals surface area contributed by atoms with Gasteiger partial charge in [-0.15, -0.1) is 0 Å². The molecule has 1 aliphatic heterocycles. The second-order valence-corrected chi connectivity index (χ2v) is 6.74. The number of anilines is 2. The van der Waals surface area contributed by atoms with Gasteiger partial charge in [0.1, 0.15) is 0 Å². The largest absolute Gasteiger partial charge is 0.385 e. The highest BCUT2D eigenvalue weighted by Gasteiger charge is 2.15. The molecule has 1 fully saturated rings. The van der Waals surface area contributed by atoms with Gasteiger partial charge in [0.2, 0.25) is 0 Å². The summed E-state index contributed by atoms with van der Waals surface area (Å²) in [5, 5.41) is 9.49. The monoisotopic (exact) mass is 358 g/mol. The molecule has 1 saturated heterocycles. The molecule has 0 spiro atoms. The van der Waals surface area contributed by atoms with Crippen molar-refractivity contribution in [1.82, 2.24) is 10.3 Å². The Bertz CT molecular complexity index is 716. The van der Waals surface area contributed by atoms with Crippen molar-refractivity contribution in [3.63, 3.8) is 0 Å². The molecule has 1 aromatic carbocycles. The summed E-state index contributed by atoms with van der Waals surface area (Å²) in [5.74, 6) is 0. The minimum absolute atomic E-state index is 0.631. The van der Waals surface area contributed by atoms with Crippen molar-refractivity contribution in [2.24, 2.45) is 0 Å². The third-order valence-electron chi connectivity index (χ3n) is 4.55. The van der Waals surface area contributed by atoms with Crippen LogP contribution in [0.25, 0.3) is 10.8 Å². The van der Waals surface area contributed by atoms with E-state index in [1.54, 1.807) is 7.11 Å². The molecule has 1 aromatic heterocycles. The van der Waals surface area contributed by atoms with Crippen LogP contribution in [0.2, 0.25) is 0 Å². The van der Waals surface area contributed by atoms with Crippen molar-refractivity contribution in [3.05, 3.63) is 30.6 Å². The summed E-state index contributed by atoms with van der Waals surface area (Å²) in [7, 11) is 1.71. The number of hydrogen-bond donors (Lipinski definition) is 2. The summed E-state index contributed by atoms with van der Waals surface area (Å²) in [6, 6.07) is 6.40. The Kier molecular flexibility index (Phi) is 6.42. The minimum Gasteiger partial charge on any atom is -0.385 e. The number of fused-ring (bicyclic) bond motifs is 1. The standard InChI is InChI=1S/C19H26N4OS/c1-24-13-5-9-21-19(25)22-17-6-7-18(23-11-3-2-4-12-23)15-8-10-20-14-16(15)17/h6-8,10,14H,2-5,9,11-13H2,1H3,(H2,21,22,25). The molecule has 0 atom stereocenters.